The molecule has 1 aromatic heterocycles. The molecular formula is C12H13NO2. The van der Waals surface area contributed by atoms with E-state index in [2.05, 4.69) is 5.16 Å². The number of benzene rings is 1. The predicted molar refractivity (Wildman–Crippen MR) is 57.3 cm³/mol. The molecule has 0 fully saturated rings. The third-order valence-electron chi connectivity index (χ3n) is 2.47. The Hall–Kier alpha value is -1.61. The minimum absolute atomic E-state index is 0.0431. The molecule has 0 saturated carbocycles. The summed E-state index contributed by atoms with van der Waals surface area (Å²) in [4.78, 5) is 0. The number of rotatable bonds is 2. The lowest BCUT2D eigenvalue weighted by atomic mass is 10.1. The van der Waals surface area contributed by atoms with Crippen LogP contribution < -0.4 is 0 Å². The van der Waals surface area contributed by atoms with Gasteiger partial charge in [0, 0.05) is 11.1 Å². The van der Waals surface area contributed by atoms with Crippen LogP contribution in [0.5, 0.6) is 0 Å². The van der Waals surface area contributed by atoms with Gasteiger partial charge < -0.3 is 9.63 Å². The van der Waals surface area contributed by atoms with Crippen molar-refractivity contribution in [1.29, 1.82) is 0 Å². The maximum Gasteiger partial charge on any atom is 0.139 e. The van der Waals surface area contributed by atoms with E-state index in [1.165, 1.54) is 5.56 Å². The van der Waals surface area contributed by atoms with Crippen molar-refractivity contribution in [2.75, 3.05) is 0 Å². The van der Waals surface area contributed by atoms with Gasteiger partial charge in [0.1, 0.15) is 11.5 Å². The lowest BCUT2D eigenvalue weighted by Crippen LogP contribution is -1.88. The van der Waals surface area contributed by atoms with Crippen LogP contribution in [0.4, 0.5) is 0 Å². The molecule has 1 aromatic carbocycles. The molecule has 3 nitrogen and oxygen atoms in total. The number of hydrogen-bond acceptors (Lipinski definition) is 3. The van der Waals surface area contributed by atoms with Crippen LogP contribution in [-0.2, 0) is 6.61 Å². The summed E-state index contributed by atoms with van der Waals surface area (Å²) in [5, 5.41) is 13.2. The molecular weight excluding hydrogens is 190 g/mol. The van der Waals surface area contributed by atoms with Crippen molar-refractivity contribution >= 4 is 0 Å². The maximum absolute atomic E-state index is 9.20. The third-order valence-corrected chi connectivity index (χ3v) is 2.47. The number of aryl methyl sites for hydroxylation is 2. The molecule has 0 unspecified atom stereocenters. The first-order chi connectivity index (χ1) is 7.22. The lowest BCUT2D eigenvalue weighted by Gasteiger charge is -1.99. The summed E-state index contributed by atoms with van der Waals surface area (Å²) in [6.07, 6.45) is 0. The Morgan fingerprint density at radius 1 is 1.20 bits per heavy atom. The molecule has 0 amide bonds. The van der Waals surface area contributed by atoms with Crippen LogP contribution in [0.3, 0.4) is 0 Å². The normalized spacial score (nSPS) is 10.6. The predicted octanol–water partition coefficient (Wildman–Crippen LogP) is 2.45. The zero-order valence-corrected chi connectivity index (χ0v) is 8.82. The monoisotopic (exact) mass is 203 g/mol. The summed E-state index contributed by atoms with van der Waals surface area (Å²) < 4.78 is 5.06. The zero-order valence-electron chi connectivity index (χ0n) is 8.82. The minimum Gasteiger partial charge on any atom is -0.391 e. The van der Waals surface area contributed by atoms with E-state index in [0.29, 0.717) is 5.76 Å². The Bertz CT molecular complexity index is 457. The quantitative estimate of drug-likeness (QED) is 0.815. The Kier molecular flexibility index (Phi) is 2.56. The van der Waals surface area contributed by atoms with Crippen LogP contribution in [0, 0.1) is 13.8 Å². The molecule has 1 N–H and O–H groups in total. The van der Waals surface area contributed by atoms with Gasteiger partial charge in [-0.1, -0.05) is 35.0 Å². The molecule has 0 spiro atoms. The van der Waals surface area contributed by atoms with Crippen molar-refractivity contribution in [3.8, 4) is 11.3 Å². The van der Waals surface area contributed by atoms with Gasteiger partial charge in [-0.05, 0) is 13.8 Å². The molecule has 2 rings (SSSR count). The highest BCUT2D eigenvalue weighted by molar-refractivity contribution is 5.63. The van der Waals surface area contributed by atoms with Gasteiger partial charge >= 0.3 is 0 Å². The number of aliphatic hydroxyl groups is 1. The molecule has 0 aliphatic carbocycles. The van der Waals surface area contributed by atoms with Crippen molar-refractivity contribution in [3.05, 3.63) is 41.2 Å². The fourth-order valence-electron chi connectivity index (χ4n) is 1.52. The Labute approximate surface area is 88.3 Å². The van der Waals surface area contributed by atoms with Crippen molar-refractivity contribution in [2.45, 2.75) is 20.5 Å². The van der Waals surface area contributed by atoms with Crippen LogP contribution in [0.2, 0.25) is 0 Å². The van der Waals surface area contributed by atoms with Gasteiger partial charge in [0.25, 0.3) is 0 Å². The Morgan fingerprint density at radius 3 is 2.47 bits per heavy atom. The number of aliphatic hydroxyl groups excluding tert-OH is 1. The van der Waals surface area contributed by atoms with E-state index in [9.17, 15) is 5.11 Å². The number of aromatic nitrogens is 1. The van der Waals surface area contributed by atoms with E-state index < -0.39 is 0 Å². The van der Waals surface area contributed by atoms with E-state index in [4.69, 9.17) is 4.52 Å². The summed E-state index contributed by atoms with van der Waals surface area (Å²) in [6, 6.07) is 7.98. The van der Waals surface area contributed by atoms with Crippen molar-refractivity contribution in [3.63, 3.8) is 0 Å². The van der Waals surface area contributed by atoms with E-state index >= 15 is 0 Å². The first-order valence-electron chi connectivity index (χ1n) is 4.85. The molecule has 1 heterocycles. The standard InChI is InChI=1S/C12H13NO2/c1-8-3-5-10(6-4-8)12-11(7-14)9(2)15-13-12/h3-6,14H,7H2,1-2H3. The molecule has 0 aliphatic heterocycles. The average molecular weight is 203 g/mol. The van der Waals surface area contributed by atoms with Crippen LogP contribution in [-0.4, -0.2) is 10.3 Å². The van der Waals surface area contributed by atoms with E-state index in [0.717, 1.165) is 16.8 Å². The van der Waals surface area contributed by atoms with Crippen LogP contribution in [0.15, 0.2) is 28.8 Å². The second-order valence-corrected chi connectivity index (χ2v) is 3.59. The van der Waals surface area contributed by atoms with Crippen molar-refractivity contribution in [2.24, 2.45) is 0 Å². The largest absolute Gasteiger partial charge is 0.391 e. The highest BCUT2D eigenvalue weighted by Gasteiger charge is 2.12. The first kappa shape index (κ1) is 9.93. The van der Waals surface area contributed by atoms with Crippen molar-refractivity contribution < 1.29 is 9.63 Å². The molecule has 2 aromatic rings. The van der Waals surface area contributed by atoms with Gasteiger partial charge in [-0.25, -0.2) is 0 Å². The zero-order chi connectivity index (χ0) is 10.8. The molecule has 0 aliphatic rings. The number of nitrogens with zero attached hydrogens (tertiary/aromatic N) is 1. The minimum atomic E-state index is -0.0431. The van der Waals surface area contributed by atoms with Crippen LogP contribution in [0.1, 0.15) is 16.9 Å². The van der Waals surface area contributed by atoms with Gasteiger partial charge in [0.15, 0.2) is 0 Å². The van der Waals surface area contributed by atoms with E-state index in [1.54, 1.807) is 6.92 Å². The molecule has 15 heavy (non-hydrogen) atoms. The summed E-state index contributed by atoms with van der Waals surface area (Å²) in [5.74, 6) is 0.674. The topological polar surface area (TPSA) is 46.3 Å². The van der Waals surface area contributed by atoms with Gasteiger partial charge in [0.05, 0.1) is 6.61 Å². The second-order valence-electron chi connectivity index (χ2n) is 3.59. The van der Waals surface area contributed by atoms with Gasteiger partial charge in [0.2, 0.25) is 0 Å². The summed E-state index contributed by atoms with van der Waals surface area (Å²) >= 11 is 0. The van der Waals surface area contributed by atoms with Crippen molar-refractivity contribution in [1.82, 2.24) is 5.16 Å². The highest BCUT2D eigenvalue weighted by atomic mass is 16.5. The fraction of sp³-hybridized carbons (Fsp3) is 0.250. The van der Waals surface area contributed by atoms with Crippen LogP contribution >= 0.6 is 0 Å². The molecule has 0 radical (unpaired) electrons. The van der Waals surface area contributed by atoms with Gasteiger partial charge in [-0.2, -0.15) is 0 Å². The second kappa shape index (κ2) is 3.87. The fourth-order valence-corrected chi connectivity index (χ4v) is 1.52. The van der Waals surface area contributed by atoms with E-state index in [1.807, 2.05) is 31.2 Å². The summed E-state index contributed by atoms with van der Waals surface area (Å²) in [5.41, 5.74) is 3.67. The molecule has 0 saturated heterocycles. The molecule has 0 atom stereocenters. The van der Waals surface area contributed by atoms with E-state index in [-0.39, 0.29) is 6.61 Å². The summed E-state index contributed by atoms with van der Waals surface area (Å²) in [7, 11) is 0. The average Bonchev–Trinajstić information content (AvgIpc) is 2.61. The lowest BCUT2D eigenvalue weighted by molar-refractivity contribution is 0.278. The van der Waals surface area contributed by atoms with Gasteiger partial charge in [-0.3, -0.25) is 0 Å². The Balaban J connectivity index is 2.49. The Morgan fingerprint density at radius 2 is 1.87 bits per heavy atom. The first-order valence-corrected chi connectivity index (χ1v) is 4.85. The third kappa shape index (κ3) is 1.78. The molecule has 0 bridgehead atoms. The van der Waals surface area contributed by atoms with Crippen LogP contribution in [0.25, 0.3) is 11.3 Å². The molecule has 78 valence electrons. The number of hydrogen-bond donors (Lipinski definition) is 1. The summed E-state index contributed by atoms with van der Waals surface area (Å²) in [6.45, 7) is 3.79. The highest BCUT2D eigenvalue weighted by Crippen LogP contribution is 2.25. The smallest absolute Gasteiger partial charge is 0.139 e. The van der Waals surface area contributed by atoms with Gasteiger partial charge in [-0.15, -0.1) is 0 Å². The molecule has 3 heteroatoms. The SMILES string of the molecule is Cc1ccc(-c2noc(C)c2CO)cc1. The maximum atomic E-state index is 9.20.